The molecular weight excluding hydrogens is 222 g/mol. The number of aromatic hydroxyl groups is 1. The largest absolute Gasteiger partial charge is 0.508 e. The SMILES string of the molecule is CCC[C@]12CCN(C)[C@@H]1CCc1ccc(O)cc12. The first-order valence-corrected chi connectivity index (χ1v) is 7.20. The van der Waals surface area contributed by atoms with Gasteiger partial charge in [0.2, 0.25) is 0 Å². The molecule has 1 heterocycles. The van der Waals surface area contributed by atoms with Gasteiger partial charge in [0, 0.05) is 11.5 Å². The minimum absolute atomic E-state index is 0.301. The van der Waals surface area contributed by atoms with Gasteiger partial charge in [-0.3, -0.25) is 0 Å². The van der Waals surface area contributed by atoms with Crippen molar-refractivity contribution in [3.05, 3.63) is 29.3 Å². The average Bonchev–Trinajstić information content (AvgIpc) is 2.68. The molecule has 0 spiro atoms. The second-order valence-electron chi connectivity index (χ2n) is 6.03. The Kier molecular flexibility index (Phi) is 2.86. The molecule has 18 heavy (non-hydrogen) atoms. The molecule has 1 aliphatic heterocycles. The Morgan fingerprint density at radius 3 is 3.06 bits per heavy atom. The van der Waals surface area contributed by atoms with Crippen molar-refractivity contribution in [3.63, 3.8) is 0 Å². The standard InChI is InChI=1S/C16H23NO/c1-3-8-16-9-10-17(2)15(16)7-5-12-4-6-13(18)11-14(12)16/h4,6,11,15,18H,3,5,7-10H2,1-2H3/t15-,16-/m1/s1. The minimum atomic E-state index is 0.301. The quantitative estimate of drug-likeness (QED) is 0.865. The number of aryl methyl sites for hydroxylation is 1. The van der Waals surface area contributed by atoms with Crippen LogP contribution < -0.4 is 0 Å². The summed E-state index contributed by atoms with van der Waals surface area (Å²) in [5.41, 5.74) is 3.20. The second kappa shape index (κ2) is 4.27. The van der Waals surface area contributed by atoms with Gasteiger partial charge in [-0.05, 0) is 62.5 Å². The number of fused-ring (bicyclic) bond motifs is 3. The van der Waals surface area contributed by atoms with E-state index in [1.807, 2.05) is 12.1 Å². The Labute approximate surface area is 110 Å². The summed E-state index contributed by atoms with van der Waals surface area (Å²) >= 11 is 0. The van der Waals surface area contributed by atoms with Crippen LogP contribution in [0.5, 0.6) is 5.75 Å². The summed E-state index contributed by atoms with van der Waals surface area (Å²) < 4.78 is 0. The van der Waals surface area contributed by atoms with Crippen molar-refractivity contribution in [3.8, 4) is 5.75 Å². The van der Waals surface area contributed by atoms with Crippen LogP contribution in [0.25, 0.3) is 0 Å². The van der Waals surface area contributed by atoms with Crippen molar-refractivity contribution in [2.24, 2.45) is 0 Å². The number of phenols is 1. The third-order valence-corrected chi connectivity index (χ3v) is 5.09. The minimum Gasteiger partial charge on any atom is -0.508 e. The molecule has 98 valence electrons. The highest BCUT2D eigenvalue weighted by molar-refractivity contribution is 5.44. The van der Waals surface area contributed by atoms with Crippen molar-refractivity contribution in [2.45, 2.75) is 50.5 Å². The van der Waals surface area contributed by atoms with Gasteiger partial charge < -0.3 is 10.0 Å². The summed E-state index contributed by atoms with van der Waals surface area (Å²) in [6, 6.07) is 6.69. The molecule has 2 nitrogen and oxygen atoms in total. The van der Waals surface area contributed by atoms with E-state index in [4.69, 9.17) is 0 Å². The molecule has 0 aromatic heterocycles. The number of likely N-dealkylation sites (tertiary alicyclic amines) is 1. The zero-order valence-corrected chi connectivity index (χ0v) is 11.4. The molecule has 1 saturated heterocycles. The molecule has 3 rings (SSSR count). The summed E-state index contributed by atoms with van der Waals surface area (Å²) in [7, 11) is 2.26. The van der Waals surface area contributed by atoms with Gasteiger partial charge in [0.15, 0.2) is 0 Å². The summed E-state index contributed by atoms with van der Waals surface area (Å²) in [6.07, 6.45) is 6.15. The number of rotatable bonds is 2. The lowest BCUT2D eigenvalue weighted by atomic mass is 9.64. The topological polar surface area (TPSA) is 23.5 Å². The number of nitrogens with zero attached hydrogens (tertiary/aromatic N) is 1. The number of phenolic OH excluding ortho intramolecular Hbond substituents is 1. The van der Waals surface area contributed by atoms with E-state index in [1.54, 1.807) is 0 Å². The van der Waals surface area contributed by atoms with E-state index in [-0.39, 0.29) is 0 Å². The van der Waals surface area contributed by atoms with Crippen LogP contribution in [-0.4, -0.2) is 29.6 Å². The van der Waals surface area contributed by atoms with Crippen LogP contribution >= 0.6 is 0 Å². The zero-order valence-electron chi connectivity index (χ0n) is 11.4. The molecule has 0 amide bonds. The maximum Gasteiger partial charge on any atom is 0.115 e. The Morgan fingerprint density at radius 1 is 1.44 bits per heavy atom. The molecule has 1 aromatic rings. The highest BCUT2D eigenvalue weighted by atomic mass is 16.3. The van der Waals surface area contributed by atoms with Crippen LogP contribution in [0.2, 0.25) is 0 Å². The van der Waals surface area contributed by atoms with Crippen LogP contribution in [0, 0.1) is 0 Å². The molecule has 1 N–H and O–H groups in total. The third-order valence-electron chi connectivity index (χ3n) is 5.09. The summed E-state index contributed by atoms with van der Waals surface area (Å²) in [6.45, 7) is 3.47. The van der Waals surface area contributed by atoms with Crippen molar-refractivity contribution >= 4 is 0 Å². The molecule has 1 fully saturated rings. The first-order chi connectivity index (χ1) is 8.67. The van der Waals surface area contributed by atoms with Gasteiger partial charge in [-0.2, -0.15) is 0 Å². The van der Waals surface area contributed by atoms with Crippen molar-refractivity contribution < 1.29 is 5.11 Å². The molecule has 0 unspecified atom stereocenters. The van der Waals surface area contributed by atoms with E-state index in [2.05, 4.69) is 24.9 Å². The van der Waals surface area contributed by atoms with Crippen molar-refractivity contribution in [1.29, 1.82) is 0 Å². The normalized spacial score (nSPS) is 31.1. The summed E-state index contributed by atoms with van der Waals surface area (Å²) in [5.74, 6) is 0.430. The number of benzene rings is 1. The first-order valence-electron chi connectivity index (χ1n) is 7.20. The maximum atomic E-state index is 9.84. The predicted molar refractivity (Wildman–Crippen MR) is 74.0 cm³/mol. The fourth-order valence-electron chi connectivity index (χ4n) is 4.34. The Bertz CT molecular complexity index is 452. The van der Waals surface area contributed by atoms with Crippen LogP contribution in [0.4, 0.5) is 0 Å². The number of hydrogen-bond acceptors (Lipinski definition) is 2. The molecule has 0 saturated carbocycles. The van der Waals surface area contributed by atoms with E-state index in [0.717, 1.165) is 6.42 Å². The summed E-state index contributed by atoms with van der Waals surface area (Å²) in [5, 5.41) is 9.84. The lowest BCUT2D eigenvalue weighted by molar-refractivity contribution is 0.205. The molecule has 1 aliphatic carbocycles. The molecule has 2 atom stereocenters. The smallest absolute Gasteiger partial charge is 0.115 e. The predicted octanol–water partition coefficient (Wildman–Crippen LogP) is 3.08. The van der Waals surface area contributed by atoms with E-state index in [1.165, 1.54) is 43.4 Å². The molecule has 0 bridgehead atoms. The third kappa shape index (κ3) is 1.58. The van der Waals surface area contributed by atoms with Gasteiger partial charge in [-0.25, -0.2) is 0 Å². The Hall–Kier alpha value is -1.02. The first kappa shape index (κ1) is 12.0. The molecule has 1 aromatic carbocycles. The van der Waals surface area contributed by atoms with E-state index in [9.17, 15) is 5.11 Å². The highest BCUT2D eigenvalue weighted by Gasteiger charge is 2.49. The average molecular weight is 245 g/mol. The molecule has 0 radical (unpaired) electrons. The number of likely N-dealkylation sites (N-methyl/N-ethyl adjacent to an activating group) is 1. The monoisotopic (exact) mass is 245 g/mol. The zero-order chi connectivity index (χ0) is 12.8. The van der Waals surface area contributed by atoms with Crippen LogP contribution in [0.15, 0.2) is 18.2 Å². The van der Waals surface area contributed by atoms with Gasteiger partial charge >= 0.3 is 0 Å². The van der Waals surface area contributed by atoms with E-state index < -0.39 is 0 Å². The van der Waals surface area contributed by atoms with Gasteiger partial charge in [-0.1, -0.05) is 19.4 Å². The lowest BCUT2D eigenvalue weighted by Gasteiger charge is -2.43. The van der Waals surface area contributed by atoms with Crippen LogP contribution in [-0.2, 0) is 11.8 Å². The van der Waals surface area contributed by atoms with Gasteiger partial charge in [-0.15, -0.1) is 0 Å². The van der Waals surface area contributed by atoms with Crippen molar-refractivity contribution in [2.75, 3.05) is 13.6 Å². The number of hydrogen-bond donors (Lipinski definition) is 1. The van der Waals surface area contributed by atoms with Gasteiger partial charge in [0.25, 0.3) is 0 Å². The molecule has 2 aliphatic rings. The van der Waals surface area contributed by atoms with Gasteiger partial charge in [0.05, 0.1) is 0 Å². The Morgan fingerprint density at radius 2 is 2.28 bits per heavy atom. The maximum absolute atomic E-state index is 9.84. The Balaban J connectivity index is 2.12. The second-order valence-corrected chi connectivity index (χ2v) is 6.03. The summed E-state index contributed by atoms with van der Waals surface area (Å²) in [4.78, 5) is 2.53. The van der Waals surface area contributed by atoms with E-state index >= 15 is 0 Å². The van der Waals surface area contributed by atoms with Crippen LogP contribution in [0.3, 0.4) is 0 Å². The van der Waals surface area contributed by atoms with Crippen molar-refractivity contribution in [1.82, 2.24) is 4.90 Å². The lowest BCUT2D eigenvalue weighted by Crippen LogP contribution is -2.44. The van der Waals surface area contributed by atoms with E-state index in [0.29, 0.717) is 17.2 Å². The molecular formula is C16H23NO. The highest BCUT2D eigenvalue weighted by Crippen LogP contribution is 2.49. The van der Waals surface area contributed by atoms with Crippen LogP contribution in [0.1, 0.15) is 43.7 Å². The van der Waals surface area contributed by atoms with Gasteiger partial charge in [0.1, 0.15) is 5.75 Å². The fraction of sp³-hybridized carbons (Fsp3) is 0.625. The molecule has 2 heteroatoms. The fourth-order valence-corrected chi connectivity index (χ4v) is 4.34.